The summed E-state index contributed by atoms with van der Waals surface area (Å²) in [6, 6.07) is 1.06. The fourth-order valence-electron chi connectivity index (χ4n) is 2.34. The molecule has 0 radical (unpaired) electrons. The molecule has 1 saturated carbocycles. The molecule has 1 rings (SSSR count). The number of likely N-dealkylation sites (N-methyl/N-ethyl adjacent to an activating group) is 1. The third-order valence-electron chi connectivity index (χ3n) is 3.16. The first-order valence-electron chi connectivity index (χ1n) is 5.81. The van der Waals surface area contributed by atoms with Crippen LogP contribution in [-0.2, 0) is 0 Å². The van der Waals surface area contributed by atoms with Gasteiger partial charge in [0.2, 0.25) is 0 Å². The molecule has 0 aromatic heterocycles. The van der Waals surface area contributed by atoms with Crippen LogP contribution in [0.2, 0.25) is 0 Å². The number of nitrogens with two attached hydrogens (primary N) is 1. The number of rotatable bonds is 4. The summed E-state index contributed by atoms with van der Waals surface area (Å²) in [6.07, 6.45) is 4.45. The summed E-state index contributed by atoms with van der Waals surface area (Å²) in [5.41, 5.74) is 5.87. The van der Waals surface area contributed by atoms with Crippen molar-refractivity contribution >= 4 is 0 Å². The Morgan fingerprint density at radius 1 is 1.36 bits per heavy atom. The monoisotopic (exact) mass is 200 g/mol. The van der Waals surface area contributed by atoms with Gasteiger partial charge < -0.3 is 10.8 Å². The third kappa shape index (κ3) is 3.56. The Hall–Kier alpha value is -0.120. The molecule has 0 unspecified atom stereocenters. The van der Waals surface area contributed by atoms with E-state index in [2.05, 4.69) is 11.8 Å². The van der Waals surface area contributed by atoms with Crippen LogP contribution in [-0.4, -0.2) is 41.3 Å². The van der Waals surface area contributed by atoms with Crippen molar-refractivity contribution in [3.05, 3.63) is 0 Å². The molecule has 3 heteroatoms. The van der Waals surface area contributed by atoms with Crippen molar-refractivity contribution in [2.24, 2.45) is 5.73 Å². The Labute approximate surface area is 87.3 Å². The van der Waals surface area contributed by atoms with E-state index >= 15 is 0 Å². The van der Waals surface area contributed by atoms with E-state index in [0.29, 0.717) is 12.1 Å². The highest BCUT2D eigenvalue weighted by atomic mass is 16.3. The molecule has 0 aromatic carbocycles. The van der Waals surface area contributed by atoms with Gasteiger partial charge in [0.1, 0.15) is 0 Å². The molecule has 84 valence electrons. The molecule has 1 fully saturated rings. The molecule has 0 heterocycles. The molecule has 0 aromatic rings. The smallest absolute Gasteiger partial charge is 0.0639 e. The summed E-state index contributed by atoms with van der Waals surface area (Å²) in [5, 5.41) is 9.37. The summed E-state index contributed by atoms with van der Waals surface area (Å²) < 4.78 is 0. The average Bonchev–Trinajstić information content (AvgIpc) is 2.15. The minimum atomic E-state index is -0.217. The van der Waals surface area contributed by atoms with Crippen molar-refractivity contribution in [2.45, 2.75) is 57.7 Å². The molecule has 1 atom stereocenters. The number of hydrogen-bond donors (Lipinski definition) is 2. The van der Waals surface area contributed by atoms with Crippen LogP contribution in [0.3, 0.4) is 0 Å². The number of hydrogen-bond acceptors (Lipinski definition) is 3. The second kappa shape index (κ2) is 5.69. The Balaban J connectivity index is 2.36. The number of aliphatic hydroxyl groups is 1. The second-order valence-electron chi connectivity index (χ2n) is 4.51. The Kier molecular flexibility index (Phi) is 4.85. The van der Waals surface area contributed by atoms with E-state index in [0.717, 1.165) is 25.9 Å². The van der Waals surface area contributed by atoms with Crippen LogP contribution in [0.15, 0.2) is 0 Å². The maximum Gasteiger partial charge on any atom is 0.0639 e. The first kappa shape index (κ1) is 12.0. The van der Waals surface area contributed by atoms with Crippen LogP contribution in [0.1, 0.15) is 39.5 Å². The standard InChI is InChI=1S/C11H24N2O/c1-3-13(8-9(2)14)11-6-4-10(12)5-7-11/h9-11,14H,3-8,12H2,1-2H3/t9-,10?,11?/m0/s1. The van der Waals surface area contributed by atoms with E-state index in [9.17, 15) is 5.11 Å². The first-order chi connectivity index (χ1) is 6.63. The van der Waals surface area contributed by atoms with Gasteiger partial charge in [-0.2, -0.15) is 0 Å². The second-order valence-corrected chi connectivity index (χ2v) is 4.51. The predicted octanol–water partition coefficient (Wildman–Crippen LogP) is 0.959. The van der Waals surface area contributed by atoms with Crippen molar-refractivity contribution in [1.29, 1.82) is 0 Å². The Bertz CT molecular complexity index is 153. The average molecular weight is 200 g/mol. The van der Waals surface area contributed by atoms with Crippen LogP contribution in [0.5, 0.6) is 0 Å². The summed E-state index contributed by atoms with van der Waals surface area (Å²) >= 11 is 0. The molecule has 0 aliphatic heterocycles. The lowest BCUT2D eigenvalue weighted by Crippen LogP contribution is -2.43. The summed E-state index contributed by atoms with van der Waals surface area (Å²) in [7, 11) is 0. The zero-order valence-electron chi connectivity index (χ0n) is 9.45. The molecule has 3 N–H and O–H groups in total. The van der Waals surface area contributed by atoms with Gasteiger partial charge in [-0.15, -0.1) is 0 Å². The number of nitrogens with zero attached hydrogens (tertiary/aromatic N) is 1. The van der Waals surface area contributed by atoms with Crippen LogP contribution in [0.25, 0.3) is 0 Å². The van der Waals surface area contributed by atoms with Crippen molar-refractivity contribution in [3.63, 3.8) is 0 Å². The molecule has 0 spiro atoms. The van der Waals surface area contributed by atoms with E-state index in [1.807, 2.05) is 6.92 Å². The van der Waals surface area contributed by atoms with Gasteiger partial charge in [-0.1, -0.05) is 6.92 Å². The fraction of sp³-hybridized carbons (Fsp3) is 1.00. The van der Waals surface area contributed by atoms with Gasteiger partial charge >= 0.3 is 0 Å². The van der Waals surface area contributed by atoms with Crippen molar-refractivity contribution < 1.29 is 5.11 Å². The third-order valence-corrected chi connectivity index (χ3v) is 3.16. The minimum absolute atomic E-state index is 0.217. The predicted molar refractivity (Wildman–Crippen MR) is 59.2 cm³/mol. The van der Waals surface area contributed by atoms with Gasteiger partial charge in [0.25, 0.3) is 0 Å². The SMILES string of the molecule is CCN(C[C@H](C)O)C1CCC(N)CC1. The summed E-state index contributed by atoms with van der Waals surface area (Å²) in [5.74, 6) is 0. The van der Waals surface area contributed by atoms with E-state index in [1.54, 1.807) is 0 Å². The first-order valence-corrected chi connectivity index (χ1v) is 5.81. The maximum absolute atomic E-state index is 9.37. The van der Waals surface area contributed by atoms with Crippen molar-refractivity contribution in [1.82, 2.24) is 4.90 Å². The van der Waals surface area contributed by atoms with Crippen molar-refractivity contribution in [3.8, 4) is 0 Å². The lowest BCUT2D eigenvalue weighted by Gasteiger charge is -2.36. The Morgan fingerprint density at radius 3 is 2.36 bits per heavy atom. The summed E-state index contributed by atoms with van der Waals surface area (Å²) in [6.45, 7) is 5.86. The fourth-order valence-corrected chi connectivity index (χ4v) is 2.34. The molecule has 0 bridgehead atoms. The quantitative estimate of drug-likeness (QED) is 0.710. The zero-order chi connectivity index (χ0) is 10.6. The molecule has 1 aliphatic carbocycles. The molecule has 14 heavy (non-hydrogen) atoms. The van der Waals surface area contributed by atoms with Crippen LogP contribution < -0.4 is 5.73 Å². The van der Waals surface area contributed by atoms with E-state index in [-0.39, 0.29) is 6.10 Å². The lowest BCUT2D eigenvalue weighted by atomic mass is 9.90. The molecular weight excluding hydrogens is 176 g/mol. The van der Waals surface area contributed by atoms with E-state index in [1.165, 1.54) is 12.8 Å². The van der Waals surface area contributed by atoms with E-state index < -0.39 is 0 Å². The van der Waals surface area contributed by atoms with E-state index in [4.69, 9.17) is 5.73 Å². The van der Waals surface area contributed by atoms with Gasteiger partial charge in [-0.3, -0.25) is 4.90 Å². The van der Waals surface area contributed by atoms with Gasteiger partial charge in [0.15, 0.2) is 0 Å². The molecular formula is C11H24N2O. The van der Waals surface area contributed by atoms with Gasteiger partial charge in [-0.25, -0.2) is 0 Å². The molecule has 0 saturated heterocycles. The molecule has 1 aliphatic rings. The lowest BCUT2D eigenvalue weighted by molar-refractivity contribution is 0.0843. The number of aliphatic hydroxyl groups excluding tert-OH is 1. The van der Waals surface area contributed by atoms with Gasteiger partial charge in [0, 0.05) is 18.6 Å². The zero-order valence-corrected chi connectivity index (χ0v) is 9.45. The van der Waals surface area contributed by atoms with Crippen LogP contribution >= 0.6 is 0 Å². The van der Waals surface area contributed by atoms with Gasteiger partial charge in [0.05, 0.1) is 6.10 Å². The van der Waals surface area contributed by atoms with Crippen LogP contribution in [0, 0.1) is 0 Å². The topological polar surface area (TPSA) is 49.5 Å². The van der Waals surface area contributed by atoms with Gasteiger partial charge in [-0.05, 0) is 39.2 Å². The van der Waals surface area contributed by atoms with Crippen molar-refractivity contribution in [2.75, 3.05) is 13.1 Å². The normalized spacial score (nSPS) is 30.6. The minimum Gasteiger partial charge on any atom is -0.392 e. The van der Waals surface area contributed by atoms with Crippen LogP contribution in [0.4, 0.5) is 0 Å². The highest BCUT2D eigenvalue weighted by Crippen LogP contribution is 2.21. The maximum atomic E-state index is 9.37. The highest BCUT2D eigenvalue weighted by Gasteiger charge is 2.23. The largest absolute Gasteiger partial charge is 0.392 e. The summed E-state index contributed by atoms with van der Waals surface area (Å²) in [4.78, 5) is 2.39. The molecule has 3 nitrogen and oxygen atoms in total. The molecule has 0 amide bonds. The Morgan fingerprint density at radius 2 is 1.93 bits per heavy atom. The highest BCUT2D eigenvalue weighted by molar-refractivity contribution is 4.81.